The Kier molecular flexibility index (Phi) is 2.84. The van der Waals surface area contributed by atoms with Gasteiger partial charge in [0.15, 0.2) is 11.5 Å². The molecule has 0 saturated carbocycles. The monoisotopic (exact) mass is 321 g/mol. The first-order valence-corrected chi connectivity index (χ1v) is 7.82. The van der Waals surface area contributed by atoms with E-state index in [9.17, 15) is 0 Å². The van der Waals surface area contributed by atoms with Gasteiger partial charge in [0, 0.05) is 18.7 Å². The average molecular weight is 321 g/mol. The molecule has 1 aliphatic heterocycles. The van der Waals surface area contributed by atoms with Crippen molar-refractivity contribution in [3.8, 4) is 11.5 Å². The molecule has 24 heavy (non-hydrogen) atoms. The second-order valence-electron chi connectivity index (χ2n) is 5.64. The number of nitrogens with one attached hydrogen (secondary N) is 2. The van der Waals surface area contributed by atoms with Crippen LogP contribution in [0.4, 0.5) is 5.95 Å². The molecule has 0 radical (unpaired) electrons. The predicted molar refractivity (Wildman–Crippen MR) is 89.6 cm³/mol. The molecule has 7 heteroatoms. The van der Waals surface area contributed by atoms with Gasteiger partial charge in [0.05, 0.1) is 11.0 Å². The molecular weight excluding hydrogens is 306 g/mol. The summed E-state index contributed by atoms with van der Waals surface area (Å²) in [5.41, 5.74) is 2.93. The van der Waals surface area contributed by atoms with Crippen LogP contribution >= 0.6 is 0 Å². The van der Waals surface area contributed by atoms with Crippen LogP contribution in [0, 0.1) is 0 Å². The molecule has 0 bridgehead atoms. The lowest BCUT2D eigenvalue weighted by Crippen LogP contribution is -2.15. The van der Waals surface area contributed by atoms with Crippen LogP contribution in [0.3, 0.4) is 0 Å². The maximum absolute atomic E-state index is 5.65. The Bertz CT molecular complexity index is 1020. The van der Waals surface area contributed by atoms with Crippen molar-refractivity contribution in [1.29, 1.82) is 0 Å². The molecule has 0 amide bonds. The van der Waals surface area contributed by atoms with Crippen LogP contribution in [-0.2, 0) is 6.54 Å². The molecule has 4 aromatic rings. The quantitative estimate of drug-likeness (QED) is 0.606. The maximum Gasteiger partial charge on any atom is 0.253 e. The number of aromatic nitrogens is 4. The zero-order valence-corrected chi connectivity index (χ0v) is 12.8. The van der Waals surface area contributed by atoms with Gasteiger partial charge < -0.3 is 14.8 Å². The van der Waals surface area contributed by atoms with Gasteiger partial charge in [-0.1, -0.05) is 30.3 Å². The number of ether oxygens (including phenoxy) is 2. The summed E-state index contributed by atoms with van der Waals surface area (Å²) in [7, 11) is 0. The number of aromatic amines is 1. The zero-order valence-electron chi connectivity index (χ0n) is 12.8. The summed E-state index contributed by atoms with van der Waals surface area (Å²) in [6.07, 6.45) is 0. The number of hydrogen-bond acceptors (Lipinski definition) is 5. The third-order valence-corrected chi connectivity index (χ3v) is 4.03. The second-order valence-corrected chi connectivity index (χ2v) is 5.64. The normalized spacial score (nSPS) is 13.5. The van der Waals surface area contributed by atoms with E-state index in [1.165, 1.54) is 5.56 Å². The lowest BCUT2D eigenvalue weighted by atomic mass is 10.2. The first kappa shape index (κ1) is 13.2. The Labute approximate surface area is 137 Å². The summed E-state index contributed by atoms with van der Waals surface area (Å²) >= 11 is 0. The molecule has 0 unspecified atom stereocenters. The Morgan fingerprint density at radius 2 is 1.83 bits per heavy atom. The molecule has 1 aliphatic rings. The molecule has 0 atom stereocenters. The lowest BCUT2D eigenvalue weighted by Gasteiger charge is -2.17. The Morgan fingerprint density at radius 1 is 1.04 bits per heavy atom. The summed E-state index contributed by atoms with van der Waals surface area (Å²) in [4.78, 5) is 9.04. The molecule has 0 fully saturated rings. The number of hydrogen-bond donors (Lipinski definition) is 2. The summed E-state index contributed by atoms with van der Waals surface area (Å²) in [6.45, 7) is 1.82. The molecule has 2 N–H and O–H groups in total. The molecule has 3 heterocycles. The van der Waals surface area contributed by atoms with Crippen molar-refractivity contribution in [2.45, 2.75) is 6.54 Å². The van der Waals surface area contributed by atoms with Gasteiger partial charge in [-0.25, -0.2) is 9.50 Å². The van der Waals surface area contributed by atoms with Crippen LogP contribution in [0.5, 0.6) is 11.5 Å². The summed E-state index contributed by atoms with van der Waals surface area (Å²) < 4.78 is 13.1. The smallest absolute Gasteiger partial charge is 0.253 e. The minimum absolute atomic E-state index is 0.563. The number of fused-ring (bicyclic) bond motifs is 4. The zero-order chi connectivity index (χ0) is 15.9. The number of nitrogens with zero attached hydrogens (tertiary/aromatic N) is 3. The van der Waals surface area contributed by atoms with Crippen molar-refractivity contribution in [3.63, 3.8) is 0 Å². The van der Waals surface area contributed by atoms with E-state index < -0.39 is 0 Å². The predicted octanol–water partition coefficient (Wildman–Crippen LogP) is 2.59. The van der Waals surface area contributed by atoms with Gasteiger partial charge in [0.1, 0.15) is 13.2 Å². The number of H-pyrrole nitrogens is 1. The van der Waals surface area contributed by atoms with Gasteiger partial charge in [0.25, 0.3) is 5.78 Å². The summed E-state index contributed by atoms with van der Waals surface area (Å²) in [5, 5.41) is 6.51. The van der Waals surface area contributed by atoms with Crippen LogP contribution in [0.2, 0.25) is 0 Å². The number of benzene rings is 2. The minimum Gasteiger partial charge on any atom is -0.486 e. The molecular formula is C17H15N5O2. The number of imidazole rings is 1. The maximum atomic E-state index is 5.65. The van der Waals surface area contributed by atoms with Crippen LogP contribution in [0.1, 0.15) is 5.56 Å². The Morgan fingerprint density at radius 3 is 2.67 bits per heavy atom. The fourth-order valence-electron chi connectivity index (χ4n) is 2.88. The van der Waals surface area contributed by atoms with E-state index in [4.69, 9.17) is 9.47 Å². The fraction of sp³-hybridized carbons (Fsp3) is 0.176. The molecule has 0 aliphatic carbocycles. The van der Waals surface area contributed by atoms with E-state index in [1.807, 2.05) is 34.8 Å². The summed E-state index contributed by atoms with van der Waals surface area (Å²) in [6, 6.07) is 14.0. The van der Waals surface area contributed by atoms with E-state index in [2.05, 4.69) is 32.5 Å². The first-order chi connectivity index (χ1) is 11.9. The van der Waals surface area contributed by atoms with E-state index in [1.54, 1.807) is 0 Å². The number of rotatable bonds is 3. The fourth-order valence-corrected chi connectivity index (χ4v) is 2.88. The second kappa shape index (κ2) is 5.16. The van der Waals surface area contributed by atoms with Crippen molar-refractivity contribution in [2.75, 3.05) is 18.5 Å². The van der Waals surface area contributed by atoms with Gasteiger partial charge >= 0.3 is 0 Å². The van der Waals surface area contributed by atoms with E-state index in [0.29, 0.717) is 31.5 Å². The molecule has 2 aromatic carbocycles. The van der Waals surface area contributed by atoms with Crippen molar-refractivity contribution < 1.29 is 9.47 Å². The van der Waals surface area contributed by atoms with Crippen LogP contribution in [-0.4, -0.2) is 32.8 Å². The van der Waals surface area contributed by atoms with Crippen LogP contribution in [0.15, 0.2) is 42.5 Å². The van der Waals surface area contributed by atoms with Crippen molar-refractivity contribution in [1.82, 2.24) is 19.6 Å². The topological polar surface area (TPSA) is 76.5 Å². The van der Waals surface area contributed by atoms with Gasteiger partial charge in [-0.2, -0.15) is 4.98 Å². The third kappa shape index (κ3) is 2.13. The average Bonchev–Trinajstić information content (AvgIpc) is 3.16. The van der Waals surface area contributed by atoms with E-state index >= 15 is 0 Å². The molecule has 5 rings (SSSR count). The van der Waals surface area contributed by atoms with Gasteiger partial charge in [-0.15, -0.1) is 0 Å². The minimum atomic E-state index is 0.563. The lowest BCUT2D eigenvalue weighted by molar-refractivity contribution is 0.172. The largest absolute Gasteiger partial charge is 0.486 e. The van der Waals surface area contributed by atoms with Crippen LogP contribution in [0.25, 0.3) is 16.8 Å². The standard InChI is InChI=1S/C17H15N5O2/c1-2-4-11(5-3-1)10-18-16-20-17-19-12-8-14-15(24-7-6-23-14)9-13(12)22(17)21-16/h1-5,8-9H,6-7,10H2,(H2,18,19,20,21). The molecule has 0 spiro atoms. The highest BCUT2D eigenvalue weighted by Crippen LogP contribution is 2.34. The van der Waals surface area contributed by atoms with Crippen molar-refractivity contribution in [2.24, 2.45) is 0 Å². The Balaban J connectivity index is 1.49. The van der Waals surface area contributed by atoms with Gasteiger partial charge in [-0.05, 0) is 5.56 Å². The highest BCUT2D eigenvalue weighted by Gasteiger charge is 2.17. The van der Waals surface area contributed by atoms with E-state index in [0.717, 1.165) is 22.5 Å². The highest BCUT2D eigenvalue weighted by molar-refractivity contribution is 5.83. The van der Waals surface area contributed by atoms with Gasteiger partial charge in [0.2, 0.25) is 5.95 Å². The summed E-state index contributed by atoms with van der Waals surface area (Å²) in [5.74, 6) is 2.77. The van der Waals surface area contributed by atoms with Crippen molar-refractivity contribution >= 4 is 22.8 Å². The van der Waals surface area contributed by atoms with Gasteiger partial charge in [-0.3, -0.25) is 5.10 Å². The number of anilines is 1. The van der Waals surface area contributed by atoms with E-state index in [-0.39, 0.29) is 0 Å². The molecule has 120 valence electrons. The molecule has 2 aromatic heterocycles. The first-order valence-electron chi connectivity index (χ1n) is 7.82. The SMILES string of the molecule is c1ccc(CNc2nc3nc4cc5c(cc4n3[nH]2)OCCO5)cc1. The Hall–Kier alpha value is -3.22. The van der Waals surface area contributed by atoms with Crippen molar-refractivity contribution in [3.05, 3.63) is 48.0 Å². The van der Waals surface area contributed by atoms with Crippen LogP contribution < -0.4 is 14.8 Å². The molecule has 0 saturated heterocycles. The third-order valence-electron chi connectivity index (χ3n) is 4.03. The highest BCUT2D eigenvalue weighted by atomic mass is 16.6. The molecule has 7 nitrogen and oxygen atoms in total.